The summed E-state index contributed by atoms with van der Waals surface area (Å²) in [6.07, 6.45) is 0.584. The van der Waals surface area contributed by atoms with Crippen molar-refractivity contribution >= 4 is 18.4 Å². The van der Waals surface area contributed by atoms with Crippen LogP contribution in [-0.4, -0.2) is 34.5 Å². The number of hydrogen-bond donors (Lipinski definition) is 2. The normalized spacial score (nSPS) is 12.6. The van der Waals surface area contributed by atoms with Gasteiger partial charge in [0.25, 0.3) is 0 Å². The molecular weight excluding hydrogens is 202 g/mol. The van der Waals surface area contributed by atoms with Gasteiger partial charge < -0.3 is 10.0 Å². The summed E-state index contributed by atoms with van der Waals surface area (Å²) in [7, 11) is 3.59. The zero-order valence-electron chi connectivity index (χ0n) is 8.08. The first-order valence-electron chi connectivity index (χ1n) is 4.11. The van der Waals surface area contributed by atoms with Crippen LogP contribution in [0.15, 0.2) is 17.1 Å². The van der Waals surface area contributed by atoms with Gasteiger partial charge in [-0.15, -0.1) is 0 Å². The second-order valence-electron chi connectivity index (χ2n) is 3.03. The van der Waals surface area contributed by atoms with Crippen molar-refractivity contribution in [3.8, 4) is 0 Å². The van der Waals surface area contributed by atoms with E-state index >= 15 is 0 Å². The Morgan fingerprint density at radius 2 is 2.36 bits per heavy atom. The Kier molecular flexibility index (Phi) is 3.54. The van der Waals surface area contributed by atoms with Gasteiger partial charge >= 0.3 is 5.69 Å². The second kappa shape index (κ2) is 4.47. The van der Waals surface area contributed by atoms with E-state index in [1.165, 1.54) is 6.20 Å². The van der Waals surface area contributed by atoms with Gasteiger partial charge in [-0.1, -0.05) is 0 Å². The first-order valence-corrected chi connectivity index (χ1v) is 4.75. The molecule has 0 bridgehead atoms. The summed E-state index contributed by atoms with van der Waals surface area (Å²) in [5.41, 5.74) is -0.474. The zero-order chi connectivity index (χ0) is 10.7. The van der Waals surface area contributed by atoms with Crippen LogP contribution < -0.4 is 10.6 Å². The monoisotopic (exact) mass is 215 g/mol. The number of thiol groups is 1. The Balaban J connectivity index is 3.08. The molecule has 0 aliphatic rings. The molecule has 0 radical (unpaired) electrons. The van der Waals surface area contributed by atoms with Gasteiger partial charge in [0.2, 0.25) is 0 Å². The third-order valence-corrected chi connectivity index (χ3v) is 2.08. The van der Waals surface area contributed by atoms with Crippen LogP contribution in [0.5, 0.6) is 0 Å². The van der Waals surface area contributed by atoms with E-state index in [-0.39, 0.29) is 5.75 Å². The molecule has 0 spiro atoms. The van der Waals surface area contributed by atoms with E-state index in [0.29, 0.717) is 5.82 Å². The van der Waals surface area contributed by atoms with Crippen molar-refractivity contribution < 1.29 is 5.11 Å². The highest BCUT2D eigenvalue weighted by Gasteiger charge is 2.07. The van der Waals surface area contributed by atoms with Crippen LogP contribution in [0, 0.1) is 0 Å². The predicted octanol–water partition coefficient (Wildman–Crippen LogP) is -0.270. The Morgan fingerprint density at radius 1 is 1.71 bits per heavy atom. The fourth-order valence-electron chi connectivity index (χ4n) is 0.968. The number of hydrogen-bond acceptors (Lipinski definition) is 5. The van der Waals surface area contributed by atoms with E-state index in [4.69, 9.17) is 0 Å². The Hall–Kier alpha value is -1.01. The van der Waals surface area contributed by atoms with Crippen molar-refractivity contribution in [1.29, 1.82) is 0 Å². The number of anilines is 1. The maximum Gasteiger partial charge on any atom is 0.351 e. The molecule has 1 aromatic heterocycles. The summed E-state index contributed by atoms with van der Waals surface area (Å²) in [6, 6.07) is 1.66. The zero-order valence-corrected chi connectivity index (χ0v) is 8.98. The number of aliphatic hydroxyl groups is 1. The molecule has 0 aromatic carbocycles. The predicted molar refractivity (Wildman–Crippen MR) is 57.9 cm³/mol. The lowest BCUT2D eigenvalue weighted by Crippen LogP contribution is -2.29. The molecule has 1 N–H and O–H groups in total. The average molecular weight is 215 g/mol. The molecule has 1 aromatic rings. The van der Waals surface area contributed by atoms with Crippen LogP contribution in [0.25, 0.3) is 0 Å². The SMILES string of the molecule is CN(C)c1ccn([C@@H](O)CS)c(=O)n1. The summed E-state index contributed by atoms with van der Waals surface area (Å²) < 4.78 is 1.14. The summed E-state index contributed by atoms with van der Waals surface area (Å²) >= 11 is 3.89. The summed E-state index contributed by atoms with van der Waals surface area (Å²) in [5, 5.41) is 9.37. The molecule has 6 heteroatoms. The van der Waals surface area contributed by atoms with E-state index in [1.807, 2.05) is 0 Å². The van der Waals surface area contributed by atoms with Crippen LogP contribution in [0.4, 0.5) is 5.82 Å². The van der Waals surface area contributed by atoms with Crippen molar-refractivity contribution in [3.05, 3.63) is 22.7 Å². The number of nitrogens with zero attached hydrogens (tertiary/aromatic N) is 3. The average Bonchev–Trinajstić information content (AvgIpc) is 2.16. The summed E-state index contributed by atoms with van der Waals surface area (Å²) in [4.78, 5) is 16.9. The molecule has 78 valence electrons. The highest BCUT2D eigenvalue weighted by molar-refractivity contribution is 7.80. The van der Waals surface area contributed by atoms with Gasteiger partial charge in [-0.05, 0) is 6.07 Å². The maximum absolute atomic E-state index is 11.4. The quantitative estimate of drug-likeness (QED) is 0.681. The number of aliphatic hydroxyl groups excluding tert-OH is 1. The Bertz CT molecular complexity index is 364. The minimum atomic E-state index is -0.922. The third-order valence-electron chi connectivity index (χ3n) is 1.76. The summed E-state index contributed by atoms with van der Waals surface area (Å²) in [6.45, 7) is 0. The van der Waals surface area contributed by atoms with Crippen LogP contribution in [0.2, 0.25) is 0 Å². The molecule has 1 rings (SSSR count). The highest BCUT2D eigenvalue weighted by Crippen LogP contribution is 2.05. The molecule has 0 amide bonds. The number of rotatable bonds is 3. The van der Waals surface area contributed by atoms with Gasteiger partial charge in [-0.3, -0.25) is 4.57 Å². The second-order valence-corrected chi connectivity index (χ2v) is 3.40. The Labute approximate surface area is 87.4 Å². The van der Waals surface area contributed by atoms with E-state index in [1.54, 1.807) is 25.1 Å². The van der Waals surface area contributed by atoms with Crippen molar-refractivity contribution in [2.24, 2.45) is 0 Å². The van der Waals surface area contributed by atoms with Crippen LogP contribution in [0.1, 0.15) is 6.23 Å². The topological polar surface area (TPSA) is 58.4 Å². The van der Waals surface area contributed by atoms with Crippen molar-refractivity contribution in [2.75, 3.05) is 24.7 Å². The van der Waals surface area contributed by atoms with Gasteiger partial charge in [0, 0.05) is 26.0 Å². The molecule has 0 unspecified atom stereocenters. The molecule has 14 heavy (non-hydrogen) atoms. The number of aromatic nitrogens is 2. The smallest absolute Gasteiger partial charge is 0.351 e. The lowest BCUT2D eigenvalue weighted by atomic mass is 10.5. The van der Waals surface area contributed by atoms with Gasteiger partial charge in [-0.25, -0.2) is 4.79 Å². The summed E-state index contributed by atoms with van der Waals surface area (Å²) in [5.74, 6) is 0.751. The lowest BCUT2D eigenvalue weighted by Gasteiger charge is -2.14. The molecule has 0 aliphatic carbocycles. The Morgan fingerprint density at radius 3 is 2.79 bits per heavy atom. The molecule has 0 saturated carbocycles. The van der Waals surface area contributed by atoms with E-state index in [0.717, 1.165) is 4.57 Å². The van der Waals surface area contributed by atoms with Gasteiger partial charge in [0.15, 0.2) is 0 Å². The van der Waals surface area contributed by atoms with Crippen LogP contribution in [0.3, 0.4) is 0 Å². The molecule has 0 fully saturated rings. The van der Waals surface area contributed by atoms with E-state index < -0.39 is 11.9 Å². The minimum absolute atomic E-state index is 0.183. The molecule has 1 heterocycles. The van der Waals surface area contributed by atoms with Crippen molar-refractivity contribution in [2.45, 2.75) is 6.23 Å². The highest BCUT2D eigenvalue weighted by atomic mass is 32.1. The maximum atomic E-state index is 11.4. The largest absolute Gasteiger partial charge is 0.372 e. The van der Waals surface area contributed by atoms with Crippen molar-refractivity contribution in [3.63, 3.8) is 0 Å². The van der Waals surface area contributed by atoms with Crippen molar-refractivity contribution in [1.82, 2.24) is 9.55 Å². The first kappa shape index (κ1) is 11.1. The molecule has 1 atom stereocenters. The standard InChI is InChI=1S/C8H13N3O2S/c1-10(2)6-3-4-11(7(12)5-14)8(13)9-6/h3-4,7,12,14H,5H2,1-2H3/t7-/m0/s1. The van der Waals surface area contributed by atoms with Crippen LogP contribution in [-0.2, 0) is 0 Å². The van der Waals surface area contributed by atoms with Gasteiger partial charge in [0.1, 0.15) is 12.0 Å². The van der Waals surface area contributed by atoms with Crippen LogP contribution >= 0.6 is 12.6 Å². The molecule has 0 saturated heterocycles. The third kappa shape index (κ3) is 2.27. The van der Waals surface area contributed by atoms with E-state index in [9.17, 15) is 9.90 Å². The molecular formula is C8H13N3O2S. The minimum Gasteiger partial charge on any atom is -0.372 e. The first-order chi connectivity index (χ1) is 6.56. The van der Waals surface area contributed by atoms with Gasteiger partial charge in [-0.2, -0.15) is 17.6 Å². The molecule has 5 nitrogen and oxygen atoms in total. The fourth-order valence-corrected chi connectivity index (χ4v) is 1.14. The molecule has 0 aliphatic heterocycles. The lowest BCUT2D eigenvalue weighted by molar-refractivity contribution is 0.124. The van der Waals surface area contributed by atoms with E-state index in [2.05, 4.69) is 17.6 Å². The fraction of sp³-hybridized carbons (Fsp3) is 0.500. The van der Waals surface area contributed by atoms with Gasteiger partial charge in [0.05, 0.1) is 0 Å².